The van der Waals surface area contributed by atoms with Crippen molar-refractivity contribution in [3.05, 3.63) is 88.7 Å². The van der Waals surface area contributed by atoms with Gasteiger partial charge in [-0.2, -0.15) is 0 Å². The minimum atomic E-state index is -3.88. The number of hydrogen-bond donors (Lipinski definition) is 2. The lowest BCUT2D eigenvalue weighted by molar-refractivity contribution is 0.0954. The normalized spacial score (nSPS) is 11.2. The lowest BCUT2D eigenvalue weighted by Crippen LogP contribution is -2.26. The molecule has 0 spiro atoms. The van der Waals surface area contributed by atoms with Crippen LogP contribution in [-0.2, 0) is 22.9 Å². The first-order valence-electron chi connectivity index (χ1n) is 10.5. The average molecular weight is 472 g/mol. The maximum atomic E-state index is 12.8. The molecule has 0 unspecified atom stereocenters. The van der Waals surface area contributed by atoms with Crippen molar-refractivity contribution in [3.8, 4) is 0 Å². The molecular weight excluding hydrogens is 446 g/mol. The van der Waals surface area contributed by atoms with E-state index in [1.54, 1.807) is 18.3 Å². The van der Waals surface area contributed by atoms with E-state index in [1.165, 1.54) is 18.2 Å². The molecule has 32 heavy (non-hydrogen) atoms. The Morgan fingerprint density at radius 1 is 1.03 bits per heavy atom. The van der Waals surface area contributed by atoms with Gasteiger partial charge in [-0.15, -0.1) is 0 Å². The number of aryl methyl sites for hydroxylation is 1. The number of nitrogens with zero attached hydrogens (tertiary/aromatic N) is 1. The molecule has 0 fully saturated rings. The summed E-state index contributed by atoms with van der Waals surface area (Å²) in [5.74, 6) is -0.441. The molecule has 0 saturated carbocycles. The molecule has 2 N–H and O–H groups in total. The smallest absolute Gasteiger partial charge is 0.261 e. The fourth-order valence-electron chi connectivity index (χ4n) is 3.13. The molecule has 8 heteroatoms. The van der Waals surface area contributed by atoms with Crippen LogP contribution >= 0.6 is 11.6 Å². The molecule has 3 rings (SSSR count). The highest BCUT2D eigenvalue weighted by Crippen LogP contribution is 2.23. The van der Waals surface area contributed by atoms with Crippen LogP contribution in [0.15, 0.2) is 71.8 Å². The summed E-state index contributed by atoms with van der Waals surface area (Å²) in [5.41, 5.74) is 2.57. The van der Waals surface area contributed by atoms with Gasteiger partial charge in [-0.1, -0.05) is 43.1 Å². The Balaban J connectivity index is 1.68. The molecule has 0 saturated heterocycles. The zero-order chi connectivity index (χ0) is 23.0. The van der Waals surface area contributed by atoms with Gasteiger partial charge in [0.25, 0.3) is 15.9 Å². The molecule has 0 radical (unpaired) electrons. The summed E-state index contributed by atoms with van der Waals surface area (Å²) in [6.45, 7) is 2.48. The van der Waals surface area contributed by atoms with Crippen molar-refractivity contribution in [2.24, 2.45) is 0 Å². The van der Waals surface area contributed by atoms with E-state index in [1.807, 2.05) is 30.3 Å². The number of amides is 1. The van der Waals surface area contributed by atoms with Crippen LogP contribution in [0.4, 0.5) is 5.69 Å². The third-order valence-corrected chi connectivity index (χ3v) is 6.62. The van der Waals surface area contributed by atoms with Crippen molar-refractivity contribution in [2.45, 2.75) is 37.5 Å². The summed E-state index contributed by atoms with van der Waals surface area (Å²) >= 11 is 6.17. The zero-order valence-electron chi connectivity index (χ0n) is 17.8. The number of carbonyl (C=O) groups is 1. The molecule has 0 aliphatic heterocycles. The minimum absolute atomic E-state index is 0.0353. The highest BCUT2D eigenvalue weighted by molar-refractivity contribution is 7.92. The number of rotatable bonds is 10. The largest absolute Gasteiger partial charge is 0.352 e. The fraction of sp³-hybridized carbons (Fsp3) is 0.250. The number of sulfonamides is 1. The van der Waals surface area contributed by atoms with Gasteiger partial charge in [0.1, 0.15) is 0 Å². The summed E-state index contributed by atoms with van der Waals surface area (Å²) < 4.78 is 28.3. The maximum absolute atomic E-state index is 12.8. The van der Waals surface area contributed by atoms with E-state index < -0.39 is 15.9 Å². The van der Waals surface area contributed by atoms with Gasteiger partial charge < -0.3 is 5.32 Å². The van der Waals surface area contributed by atoms with Gasteiger partial charge in [-0.25, -0.2) is 8.42 Å². The Morgan fingerprint density at radius 2 is 1.81 bits per heavy atom. The number of pyridine rings is 1. The van der Waals surface area contributed by atoms with Crippen molar-refractivity contribution in [3.63, 3.8) is 0 Å². The van der Waals surface area contributed by atoms with E-state index in [0.29, 0.717) is 18.7 Å². The first-order chi connectivity index (χ1) is 15.4. The predicted molar refractivity (Wildman–Crippen MR) is 128 cm³/mol. The molecule has 6 nitrogen and oxygen atoms in total. The van der Waals surface area contributed by atoms with Crippen molar-refractivity contribution < 1.29 is 13.2 Å². The lowest BCUT2D eigenvalue weighted by atomic mass is 10.1. The van der Waals surface area contributed by atoms with Crippen molar-refractivity contribution in [2.75, 3.05) is 11.3 Å². The number of hydrogen-bond acceptors (Lipinski definition) is 4. The highest BCUT2D eigenvalue weighted by atomic mass is 35.5. The molecule has 1 amide bonds. The maximum Gasteiger partial charge on any atom is 0.261 e. The number of halogens is 1. The number of anilines is 1. The Morgan fingerprint density at radius 3 is 2.50 bits per heavy atom. The topological polar surface area (TPSA) is 88.2 Å². The zero-order valence-corrected chi connectivity index (χ0v) is 19.4. The molecular formula is C24H26ClN3O3S. The Labute approximate surface area is 194 Å². The Hall–Kier alpha value is -2.90. The lowest BCUT2D eigenvalue weighted by Gasteiger charge is -2.11. The number of carbonyl (C=O) groups excluding carboxylic acids is 1. The molecule has 0 atom stereocenters. The molecule has 1 aromatic heterocycles. The van der Waals surface area contributed by atoms with Crippen LogP contribution in [0.25, 0.3) is 0 Å². The molecule has 0 aliphatic rings. The minimum Gasteiger partial charge on any atom is -0.352 e. The third kappa shape index (κ3) is 6.55. The van der Waals surface area contributed by atoms with Gasteiger partial charge in [-0.3, -0.25) is 14.5 Å². The summed E-state index contributed by atoms with van der Waals surface area (Å²) in [6.07, 6.45) is 5.39. The van der Waals surface area contributed by atoms with E-state index >= 15 is 0 Å². The van der Waals surface area contributed by atoms with Crippen molar-refractivity contribution >= 4 is 33.2 Å². The second-order valence-electron chi connectivity index (χ2n) is 7.37. The predicted octanol–water partition coefficient (Wildman–Crippen LogP) is 4.85. The monoisotopic (exact) mass is 471 g/mol. The van der Waals surface area contributed by atoms with Crippen LogP contribution in [-0.4, -0.2) is 25.9 Å². The molecule has 3 aromatic rings. The quantitative estimate of drug-likeness (QED) is 0.442. The number of unbranched alkanes of at least 4 members (excludes halogenated alkanes) is 1. The third-order valence-electron chi connectivity index (χ3n) is 4.91. The molecule has 1 heterocycles. The van der Waals surface area contributed by atoms with E-state index in [4.69, 9.17) is 11.6 Å². The summed E-state index contributed by atoms with van der Waals surface area (Å²) in [6, 6.07) is 17.0. The number of nitrogens with one attached hydrogen (secondary N) is 2. The Bertz CT molecular complexity index is 1150. The molecule has 168 valence electrons. The van der Waals surface area contributed by atoms with Crippen molar-refractivity contribution in [1.82, 2.24) is 10.3 Å². The second-order valence-corrected chi connectivity index (χ2v) is 9.46. The van der Waals surface area contributed by atoms with Crippen LogP contribution < -0.4 is 10.0 Å². The van der Waals surface area contributed by atoms with E-state index in [9.17, 15) is 13.2 Å². The average Bonchev–Trinajstić information content (AvgIpc) is 2.79. The van der Waals surface area contributed by atoms with Gasteiger partial charge in [0, 0.05) is 30.5 Å². The van der Waals surface area contributed by atoms with E-state index in [2.05, 4.69) is 21.9 Å². The summed E-state index contributed by atoms with van der Waals surface area (Å²) in [5, 5.41) is 2.94. The van der Waals surface area contributed by atoms with E-state index in [-0.39, 0.29) is 15.5 Å². The highest BCUT2D eigenvalue weighted by Gasteiger charge is 2.19. The van der Waals surface area contributed by atoms with Gasteiger partial charge in [-0.05, 0) is 60.9 Å². The standard InChI is InChI=1S/C24H26ClN3O3S/c1-2-3-6-18-8-10-20(11-9-18)28-32(30,31)21-12-13-23(25)22(17-21)24(29)27-16-14-19-7-4-5-15-26-19/h4-5,7-13,15,17,28H,2-3,6,14,16H2,1H3,(H,27,29). The fourth-order valence-corrected chi connectivity index (χ4v) is 4.41. The van der Waals surface area contributed by atoms with Crippen LogP contribution in [0.2, 0.25) is 5.02 Å². The number of aromatic nitrogens is 1. The van der Waals surface area contributed by atoms with Gasteiger partial charge in [0.15, 0.2) is 0 Å². The summed E-state index contributed by atoms with van der Waals surface area (Å²) in [7, 11) is -3.88. The molecule has 0 aliphatic carbocycles. The van der Waals surface area contributed by atoms with Crippen LogP contribution in [0.3, 0.4) is 0 Å². The van der Waals surface area contributed by atoms with E-state index in [0.717, 1.165) is 30.5 Å². The van der Waals surface area contributed by atoms with Crippen molar-refractivity contribution in [1.29, 1.82) is 0 Å². The Kier molecular flexibility index (Phi) is 8.25. The first kappa shape index (κ1) is 23.8. The van der Waals surface area contributed by atoms with Crippen LogP contribution in [0, 0.1) is 0 Å². The van der Waals surface area contributed by atoms with Gasteiger partial charge in [0.2, 0.25) is 0 Å². The molecule has 2 aromatic carbocycles. The molecule has 0 bridgehead atoms. The van der Waals surface area contributed by atoms with Gasteiger partial charge >= 0.3 is 0 Å². The van der Waals surface area contributed by atoms with Gasteiger partial charge in [0.05, 0.1) is 15.5 Å². The first-order valence-corrected chi connectivity index (χ1v) is 12.3. The SMILES string of the molecule is CCCCc1ccc(NS(=O)(=O)c2ccc(Cl)c(C(=O)NCCc3ccccn3)c2)cc1. The van der Waals surface area contributed by atoms with Crippen LogP contribution in [0.1, 0.15) is 41.4 Å². The second kappa shape index (κ2) is 11.1. The summed E-state index contributed by atoms with van der Waals surface area (Å²) in [4.78, 5) is 16.8. The number of benzene rings is 2. The van der Waals surface area contributed by atoms with Crippen LogP contribution in [0.5, 0.6) is 0 Å².